The fourth-order valence-electron chi connectivity index (χ4n) is 4.63. The summed E-state index contributed by atoms with van der Waals surface area (Å²) in [7, 11) is -3.49. The van der Waals surface area contributed by atoms with Gasteiger partial charge in [-0.25, -0.2) is 18.4 Å². The molecule has 3 aromatic rings. The maximum atomic E-state index is 13.1. The van der Waals surface area contributed by atoms with E-state index in [0.717, 1.165) is 41.2 Å². The van der Waals surface area contributed by atoms with E-state index in [9.17, 15) is 8.42 Å². The number of ether oxygens (including phenoxy) is 1. The Bertz CT molecular complexity index is 1250. The van der Waals surface area contributed by atoms with Gasteiger partial charge in [0.05, 0.1) is 29.7 Å². The predicted octanol–water partition coefficient (Wildman–Crippen LogP) is 2.84. The molecule has 0 bridgehead atoms. The monoisotopic (exact) mass is 481 g/mol. The maximum absolute atomic E-state index is 13.1. The second-order valence-electron chi connectivity index (χ2n) is 8.95. The Balaban J connectivity index is 1.35. The number of piperazine rings is 1. The number of hydrogen-bond acceptors (Lipinski definition) is 7. The van der Waals surface area contributed by atoms with Crippen LogP contribution in [0, 0.1) is 6.92 Å². The van der Waals surface area contributed by atoms with Gasteiger partial charge in [-0.2, -0.15) is 4.31 Å². The van der Waals surface area contributed by atoms with Crippen LogP contribution >= 0.6 is 0 Å². The lowest BCUT2D eigenvalue weighted by atomic mass is 10.1. The summed E-state index contributed by atoms with van der Waals surface area (Å²) in [6, 6.07) is 15.2. The highest BCUT2D eigenvalue weighted by Crippen LogP contribution is 2.29. The Labute approximate surface area is 201 Å². The van der Waals surface area contributed by atoms with Gasteiger partial charge in [-0.15, -0.1) is 0 Å². The van der Waals surface area contributed by atoms with Gasteiger partial charge in [-0.3, -0.25) is 4.90 Å². The fourth-order valence-corrected chi connectivity index (χ4v) is 6.06. The Morgan fingerprint density at radius 1 is 0.882 bits per heavy atom. The third kappa shape index (κ3) is 4.53. The summed E-state index contributed by atoms with van der Waals surface area (Å²) >= 11 is 0. The molecule has 5 rings (SSSR count). The molecule has 8 nitrogen and oxygen atoms in total. The van der Waals surface area contributed by atoms with Crippen LogP contribution < -0.4 is 4.90 Å². The van der Waals surface area contributed by atoms with Gasteiger partial charge >= 0.3 is 0 Å². The van der Waals surface area contributed by atoms with Crippen LogP contribution in [0.1, 0.15) is 24.4 Å². The number of hydrogen-bond donors (Lipinski definition) is 0. The van der Waals surface area contributed by atoms with Gasteiger partial charge in [0, 0.05) is 44.7 Å². The molecule has 2 fully saturated rings. The number of aromatic nitrogens is 2. The largest absolute Gasteiger partial charge is 0.378 e. The van der Waals surface area contributed by atoms with Gasteiger partial charge < -0.3 is 9.64 Å². The van der Waals surface area contributed by atoms with Crippen LogP contribution in [0.25, 0.3) is 10.9 Å². The zero-order valence-corrected chi connectivity index (χ0v) is 20.5. The first kappa shape index (κ1) is 23.2. The van der Waals surface area contributed by atoms with Crippen molar-refractivity contribution in [3.05, 3.63) is 59.9 Å². The molecular weight excluding hydrogens is 450 g/mol. The Hall–Kier alpha value is -2.59. The highest BCUT2D eigenvalue weighted by molar-refractivity contribution is 7.89. The minimum Gasteiger partial charge on any atom is -0.378 e. The van der Waals surface area contributed by atoms with E-state index < -0.39 is 10.0 Å². The number of fused-ring (bicyclic) bond motifs is 1. The average Bonchev–Trinajstić information content (AvgIpc) is 2.88. The molecular formula is C25H31N5O3S. The number of anilines is 1. The lowest BCUT2D eigenvalue weighted by molar-refractivity contribution is 0.122. The van der Waals surface area contributed by atoms with Crippen molar-refractivity contribution in [2.24, 2.45) is 0 Å². The summed E-state index contributed by atoms with van der Waals surface area (Å²) in [6.07, 6.45) is 0. The average molecular weight is 482 g/mol. The first-order valence-corrected chi connectivity index (χ1v) is 13.3. The molecule has 0 spiro atoms. The smallest absolute Gasteiger partial charge is 0.243 e. The lowest BCUT2D eigenvalue weighted by Gasteiger charge is -2.37. The predicted molar refractivity (Wildman–Crippen MR) is 132 cm³/mol. The first-order chi connectivity index (χ1) is 16.4. The molecule has 2 aliphatic heterocycles. The van der Waals surface area contributed by atoms with E-state index in [0.29, 0.717) is 44.3 Å². The minimum atomic E-state index is -3.49. The SMILES string of the molecule is Cc1ccc(S(=O)(=O)N2CCN([C@H](C)c3nc(N4CCOCC4)c4ccccc4n3)CC2)cc1. The van der Waals surface area contributed by atoms with Crippen molar-refractivity contribution in [3.8, 4) is 0 Å². The number of nitrogens with zero attached hydrogens (tertiary/aromatic N) is 5. The number of morpholine rings is 1. The molecule has 3 heterocycles. The third-order valence-electron chi connectivity index (χ3n) is 6.76. The molecule has 0 aliphatic carbocycles. The number of aryl methyl sites for hydroxylation is 1. The van der Waals surface area contributed by atoms with Crippen LogP contribution in [0.2, 0.25) is 0 Å². The van der Waals surface area contributed by atoms with E-state index >= 15 is 0 Å². The molecule has 0 N–H and O–H groups in total. The zero-order valence-electron chi connectivity index (χ0n) is 19.7. The van der Waals surface area contributed by atoms with E-state index in [4.69, 9.17) is 14.7 Å². The molecule has 2 saturated heterocycles. The normalized spacial score (nSPS) is 19.4. The number of rotatable bonds is 5. The molecule has 0 amide bonds. The molecule has 180 valence electrons. The fraction of sp³-hybridized carbons (Fsp3) is 0.440. The van der Waals surface area contributed by atoms with Crippen LogP contribution in [-0.2, 0) is 14.8 Å². The summed E-state index contributed by atoms with van der Waals surface area (Å²) < 4.78 is 33.3. The van der Waals surface area contributed by atoms with Gasteiger partial charge in [0.2, 0.25) is 10.0 Å². The van der Waals surface area contributed by atoms with Crippen molar-refractivity contribution in [2.45, 2.75) is 24.8 Å². The minimum absolute atomic E-state index is 0.0198. The number of sulfonamides is 1. The molecule has 9 heteroatoms. The van der Waals surface area contributed by atoms with Gasteiger partial charge in [-0.1, -0.05) is 29.8 Å². The van der Waals surface area contributed by atoms with Gasteiger partial charge in [0.15, 0.2) is 0 Å². The molecule has 34 heavy (non-hydrogen) atoms. The number of benzene rings is 2. The summed E-state index contributed by atoms with van der Waals surface area (Å²) in [6.45, 7) is 9.24. The van der Waals surface area contributed by atoms with E-state index in [1.54, 1.807) is 16.4 Å². The second-order valence-corrected chi connectivity index (χ2v) is 10.9. The van der Waals surface area contributed by atoms with E-state index in [1.165, 1.54) is 0 Å². The van der Waals surface area contributed by atoms with Crippen LogP contribution in [0.3, 0.4) is 0 Å². The second kappa shape index (κ2) is 9.58. The van der Waals surface area contributed by atoms with Crippen LogP contribution in [0.4, 0.5) is 5.82 Å². The molecule has 1 atom stereocenters. The lowest BCUT2D eigenvalue weighted by Crippen LogP contribution is -2.49. The maximum Gasteiger partial charge on any atom is 0.243 e. The van der Waals surface area contributed by atoms with Crippen molar-refractivity contribution >= 4 is 26.7 Å². The van der Waals surface area contributed by atoms with Gasteiger partial charge in [0.25, 0.3) is 0 Å². The third-order valence-corrected chi connectivity index (χ3v) is 8.68. The summed E-state index contributed by atoms with van der Waals surface area (Å²) in [5.41, 5.74) is 1.98. The van der Waals surface area contributed by atoms with E-state index in [-0.39, 0.29) is 6.04 Å². The van der Waals surface area contributed by atoms with Crippen molar-refractivity contribution in [1.29, 1.82) is 0 Å². The van der Waals surface area contributed by atoms with Crippen LogP contribution in [-0.4, -0.2) is 80.1 Å². The standard InChI is InChI=1S/C25H31N5O3S/c1-19-7-9-21(10-8-19)34(31,32)30-13-11-28(12-14-30)20(2)24-26-23-6-4-3-5-22(23)25(27-24)29-15-17-33-18-16-29/h3-10,20H,11-18H2,1-2H3/t20-/m1/s1. The van der Waals surface area contributed by atoms with Gasteiger partial charge in [0.1, 0.15) is 11.6 Å². The summed E-state index contributed by atoms with van der Waals surface area (Å²) in [5, 5.41) is 1.05. The molecule has 0 radical (unpaired) electrons. The van der Waals surface area contributed by atoms with Crippen LogP contribution in [0.15, 0.2) is 53.4 Å². The highest BCUT2D eigenvalue weighted by atomic mass is 32.2. The first-order valence-electron chi connectivity index (χ1n) is 11.8. The van der Waals surface area contributed by atoms with Crippen LogP contribution in [0.5, 0.6) is 0 Å². The zero-order chi connectivity index (χ0) is 23.7. The summed E-state index contributed by atoms with van der Waals surface area (Å²) in [4.78, 5) is 14.8. The van der Waals surface area contributed by atoms with E-state index in [1.807, 2.05) is 37.3 Å². The quantitative estimate of drug-likeness (QED) is 0.554. The highest BCUT2D eigenvalue weighted by Gasteiger charge is 2.31. The summed E-state index contributed by atoms with van der Waals surface area (Å²) in [5.74, 6) is 1.73. The van der Waals surface area contributed by atoms with Crippen molar-refractivity contribution in [1.82, 2.24) is 19.2 Å². The molecule has 0 unspecified atom stereocenters. The Morgan fingerprint density at radius 2 is 1.56 bits per heavy atom. The molecule has 2 aromatic carbocycles. The Morgan fingerprint density at radius 3 is 2.26 bits per heavy atom. The van der Waals surface area contributed by atoms with E-state index in [2.05, 4.69) is 22.8 Å². The topological polar surface area (TPSA) is 78.9 Å². The molecule has 0 saturated carbocycles. The van der Waals surface area contributed by atoms with Gasteiger partial charge in [-0.05, 0) is 38.1 Å². The van der Waals surface area contributed by atoms with Crippen molar-refractivity contribution < 1.29 is 13.2 Å². The number of para-hydroxylation sites is 1. The molecule has 1 aromatic heterocycles. The molecule has 2 aliphatic rings. The van der Waals surface area contributed by atoms with Crippen molar-refractivity contribution in [2.75, 3.05) is 57.4 Å². The Kier molecular flexibility index (Phi) is 6.52. The van der Waals surface area contributed by atoms with Crippen molar-refractivity contribution in [3.63, 3.8) is 0 Å².